The lowest BCUT2D eigenvalue weighted by atomic mass is 10.1. The summed E-state index contributed by atoms with van der Waals surface area (Å²) < 4.78 is 49.8. The molecule has 2 fully saturated rings. The monoisotopic (exact) mass is 448 g/mol. The number of halogens is 1. The topological polar surface area (TPSA) is 91.8 Å². The maximum atomic E-state index is 12.7. The summed E-state index contributed by atoms with van der Waals surface area (Å²) in [6, 6.07) is 7.54. The highest BCUT2D eigenvalue weighted by atomic mass is 35.5. The van der Waals surface area contributed by atoms with Crippen molar-refractivity contribution in [2.24, 2.45) is 0 Å². The predicted molar refractivity (Wildman–Crippen MR) is 109 cm³/mol. The predicted octanol–water partition coefficient (Wildman–Crippen LogP) is 1.32. The van der Waals surface area contributed by atoms with Gasteiger partial charge in [-0.2, -0.15) is 4.31 Å². The summed E-state index contributed by atoms with van der Waals surface area (Å²) >= 11 is 5.86. The summed E-state index contributed by atoms with van der Waals surface area (Å²) in [7, 11) is -6.89. The van der Waals surface area contributed by atoms with Crippen LogP contribution >= 0.6 is 11.6 Å². The first-order valence-corrected chi connectivity index (χ1v) is 13.1. The van der Waals surface area contributed by atoms with Gasteiger partial charge in [-0.15, -0.1) is 0 Å². The van der Waals surface area contributed by atoms with Crippen molar-refractivity contribution in [1.29, 1.82) is 0 Å². The van der Waals surface area contributed by atoms with Crippen molar-refractivity contribution in [3.63, 3.8) is 0 Å². The smallest absolute Gasteiger partial charge is 0.222 e. The van der Waals surface area contributed by atoms with Crippen LogP contribution in [0.15, 0.2) is 24.3 Å². The van der Waals surface area contributed by atoms with Crippen molar-refractivity contribution in [1.82, 2.24) is 9.21 Å². The molecule has 1 amide bonds. The number of rotatable bonds is 6. The second-order valence-electron chi connectivity index (χ2n) is 7.33. The van der Waals surface area contributed by atoms with Gasteiger partial charge in [0.1, 0.15) is 0 Å². The Morgan fingerprint density at radius 1 is 1.11 bits per heavy atom. The lowest BCUT2D eigenvalue weighted by Gasteiger charge is -2.35. The minimum absolute atomic E-state index is 0.0226. The highest BCUT2D eigenvalue weighted by Crippen LogP contribution is 2.23. The Morgan fingerprint density at radius 2 is 1.75 bits per heavy atom. The van der Waals surface area contributed by atoms with Gasteiger partial charge >= 0.3 is 0 Å². The molecule has 2 aliphatic heterocycles. The van der Waals surface area contributed by atoms with Gasteiger partial charge in [-0.05, 0) is 37.0 Å². The Morgan fingerprint density at radius 3 is 2.32 bits per heavy atom. The zero-order chi connectivity index (χ0) is 20.4. The van der Waals surface area contributed by atoms with Crippen LogP contribution in [0.2, 0.25) is 5.02 Å². The van der Waals surface area contributed by atoms with E-state index in [2.05, 4.69) is 0 Å². The molecule has 0 aliphatic carbocycles. The Labute approximate surface area is 171 Å². The van der Waals surface area contributed by atoms with Gasteiger partial charge in [-0.1, -0.05) is 23.7 Å². The summed E-state index contributed by atoms with van der Waals surface area (Å²) in [5.41, 5.74) is 1.12. The molecule has 2 saturated heterocycles. The molecule has 156 valence electrons. The number of aryl methyl sites for hydroxylation is 1. The molecule has 0 bridgehead atoms. The highest BCUT2D eigenvalue weighted by molar-refractivity contribution is 7.95. The van der Waals surface area contributed by atoms with E-state index in [0.717, 1.165) is 18.4 Å². The maximum Gasteiger partial charge on any atom is 0.222 e. The van der Waals surface area contributed by atoms with Gasteiger partial charge < -0.3 is 4.90 Å². The molecule has 2 aliphatic rings. The summed E-state index contributed by atoms with van der Waals surface area (Å²) in [6.07, 6.45) is 2.08. The quantitative estimate of drug-likeness (QED) is 0.654. The Kier molecular flexibility index (Phi) is 6.69. The lowest BCUT2D eigenvalue weighted by Crippen LogP contribution is -2.52. The first-order chi connectivity index (χ1) is 13.2. The average molecular weight is 449 g/mol. The second-order valence-corrected chi connectivity index (χ2v) is 12.2. The Balaban J connectivity index is 1.45. The van der Waals surface area contributed by atoms with Crippen LogP contribution in [0, 0.1) is 0 Å². The van der Waals surface area contributed by atoms with Gasteiger partial charge in [0.2, 0.25) is 15.9 Å². The normalized spacial score (nSPS) is 23.0. The number of amides is 1. The van der Waals surface area contributed by atoms with Crippen molar-refractivity contribution < 1.29 is 21.6 Å². The molecule has 28 heavy (non-hydrogen) atoms. The molecule has 3 rings (SSSR count). The third-order valence-electron chi connectivity index (χ3n) is 5.33. The molecule has 0 saturated carbocycles. The number of sulfone groups is 1. The van der Waals surface area contributed by atoms with E-state index in [-0.39, 0.29) is 36.9 Å². The van der Waals surface area contributed by atoms with Gasteiger partial charge in [-0.25, -0.2) is 16.8 Å². The molecule has 7 nitrogen and oxygen atoms in total. The largest absolute Gasteiger partial charge is 0.340 e. The standard InChI is InChI=1S/C18H25ClN2O5S2/c19-16-6-4-15(5-7-16)2-1-3-18(22)20-9-11-21(12-10-20)28(25,26)17-8-13-27(23,24)14-17/h4-7,17H,1-3,8-14H2. The molecule has 0 aromatic heterocycles. The Bertz CT molecular complexity index is 908. The van der Waals surface area contributed by atoms with Crippen molar-refractivity contribution in [3.05, 3.63) is 34.9 Å². The van der Waals surface area contributed by atoms with E-state index in [9.17, 15) is 21.6 Å². The lowest BCUT2D eigenvalue weighted by molar-refractivity contribution is -0.132. The van der Waals surface area contributed by atoms with E-state index in [1.165, 1.54) is 4.31 Å². The molecule has 1 aromatic rings. The van der Waals surface area contributed by atoms with E-state index in [0.29, 0.717) is 24.5 Å². The number of nitrogens with zero attached hydrogens (tertiary/aromatic N) is 2. The fourth-order valence-corrected chi connectivity index (χ4v) is 8.29. The minimum atomic E-state index is -3.63. The fraction of sp³-hybridized carbons (Fsp3) is 0.611. The SMILES string of the molecule is O=C(CCCc1ccc(Cl)cc1)N1CCN(S(=O)(=O)C2CCS(=O)(=O)C2)CC1. The van der Waals surface area contributed by atoms with E-state index >= 15 is 0 Å². The van der Waals surface area contributed by atoms with Crippen LogP contribution < -0.4 is 0 Å². The summed E-state index contributed by atoms with van der Waals surface area (Å²) in [4.78, 5) is 14.1. The number of benzene rings is 1. The van der Waals surface area contributed by atoms with Gasteiger partial charge in [0.05, 0.1) is 16.8 Å². The molecule has 0 spiro atoms. The van der Waals surface area contributed by atoms with Crippen molar-refractivity contribution >= 4 is 37.4 Å². The third kappa shape index (κ3) is 5.25. The molecule has 1 atom stereocenters. The first-order valence-electron chi connectivity index (χ1n) is 9.39. The Hall–Kier alpha value is -1.16. The van der Waals surface area contributed by atoms with Gasteiger partial charge in [0.15, 0.2) is 9.84 Å². The number of hydrogen-bond donors (Lipinski definition) is 0. The van der Waals surface area contributed by atoms with E-state index in [4.69, 9.17) is 11.6 Å². The van der Waals surface area contributed by atoms with Crippen LogP contribution in [-0.4, -0.2) is 74.9 Å². The minimum Gasteiger partial charge on any atom is -0.340 e. The van der Waals surface area contributed by atoms with E-state index < -0.39 is 25.1 Å². The van der Waals surface area contributed by atoms with E-state index in [1.54, 1.807) is 4.90 Å². The number of piperazine rings is 1. The second kappa shape index (κ2) is 8.69. The summed E-state index contributed by atoms with van der Waals surface area (Å²) in [5.74, 6) is -0.336. The zero-order valence-electron chi connectivity index (χ0n) is 15.6. The average Bonchev–Trinajstić information content (AvgIpc) is 3.04. The van der Waals surface area contributed by atoms with Crippen LogP contribution in [0.25, 0.3) is 0 Å². The number of carbonyl (C=O) groups excluding carboxylic acids is 1. The maximum absolute atomic E-state index is 12.7. The van der Waals surface area contributed by atoms with Crippen LogP contribution in [0.3, 0.4) is 0 Å². The number of carbonyl (C=O) groups is 1. The van der Waals surface area contributed by atoms with Gasteiger partial charge in [0.25, 0.3) is 0 Å². The summed E-state index contributed by atoms with van der Waals surface area (Å²) in [6.45, 7) is 1.14. The van der Waals surface area contributed by atoms with Crippen LogP contribution in [-0.2, 0) is 31.1 Å². The van der Waals surface area contributed by atoms with Gasteiger partial charge in [0, 0.05) is 37.6 Å². The molecule has 1 unspecified atom stereocenters. The molecule has 1 aromatic carbocycles. The number of hydrogen-bond acceptors (Lipinski definition) is 5. The van der Waals surface area contributed by atoms with Crippen molar-refractivity contribution in [2.45, 2.75) is 30.9 Å². The van der Waals surface area contributed by atoms with E-state index in [1.807, 2.05) is 24.3 Å². The number of sulfonamides is 1. The van der Waals surface area contributed by atoms with Gasteiger partial charge in [-0.3, -0.25) is 4.79 Å². The molecule has 0 N–H and O–H groups in total. The third-order valence-corrected chi connectivity index (χ3v) is 9.89. The molecule has 10 heteroatoms. The summed E-state index contributed by atoms with van der Waals surface area (Å²) in [5, 5.41) is -0.165. The molecule has 0 radical (unpaired) electrons. The molecule has 2 heterocycles. The van der Waals surface area contributed by atoms with Crippen molar-refractivity contribution in [3.8, 4) is 0 Å². The fourth-order valence-electron chi connectivity index (χ4n) is 3.65. The van der Waals surface area contributed by atoms with Crippen LogP contribution in [0.4, 0.5) is 0 Å². The first kappa shape index (κ1) is 21.5. The van der Waals surface area contributed by atoms with Crippen molar-refractivity contribution in [2.75, 3.05) is 37.7 Å². The molecular weight excluding hydrogens is 424 g/mol. The van der Waals surface area contributed by atoms with Crippen LogP contribution in [0.1, 0.15) is 24.8 Å². The zero-order valence-corrected chi connectivity index (χ0v) is 18.0. The highest BCUT2D eigenvalue weighted by Gasteiger charge is 2.41. The molecular formula is C18H25ClN2O5S2. The van der Waals surface area contributed by atoms with Crippen LogP contribution in [0.5, 0.6) is 0 Å².